The van der Waals surface area contributed by atoms with Gasteiger partial charge in [0.15, 0.2) is 11.6 Å². The normalized spacial score (nSPS) is 10.9. The van der Waals surface area contributed by atoms with Gasteiger partial charge < -0.3 is 15.8 Å². The number of rotatable bonds is 7. The summed E-state index contributed by atoms with van der Waals surface area (Å²) in [7, 11) is 0. The Morgan fingerprint density at radius 1 is 1.03 bits per heavy atom. The van der Waals surface area contributed by atoms with Crippen molar-refractivity contribution in [3.63, 3.8) is 0 Å². The minimum atomic E-state index is -0.473. The largest absolute Gasteiger partial charge is 0.462 e. The van der Waals surface area contributed by atoms with Gasteiger partial charge in [-0.05, 0) is 31.2 Å². The van der Waals surface area contributed by atoms with Crippen LogP contribution in [0.1, 0.15) is 23.0 Å². The van der Waals surface area contributed by atoms with Gasteiger partial charge in [0.1, 0.15) is 0 Å². The molecule has 5 rings (SSSR count). The average Bonchev–Trinajstić information content (AvgIpc) is 3.40. The fourth-order valence-corrected chi connectivity index (χ4v) is 4.16. The number of amides is 1. The summed E-state index contributed by atoms with van der Waals surface area (Å²) < 4.78 is 4.96. The Labute approximate surface area is 222 Å². The number of carbonyl (C=O) groups excluding carboxylic acids is 2. The Hall–Kier alpha value is -4.83. The molecular formula is C27H22ClN7O3. The van der Waals surface area contributed by atoms with Gasteiger partial charge in [0.25, 0.3) is 0 Å². The number of carbonyl (C=O) groups is 2. The van der Waals surface area contributed by atoms with Gasteiger partial charge in [-0.2, -0.15) is 5.10 Å². The van der Waals surface area contributed by atoms with Crippen LogP contribution in [0, 0.1) is 0 Å². The van der Waals surface area contributed by atoms with E-state index in [1.807, 2.05) is 36.4 Å². The van der Waals surface area contributed by atoms with E-state index in [0.29, 0.717) is 38.7 Å². The molecule has 5 aromatic rings. The number of hydrogen-bond acceptors (Lipinski definition) is 8. The number of hydrogen-bond donors (Lipinski definition) is 3. The van der Waals surface area contributed by atoms with Crippen LogP contribution in [-0.4, -0.2) is 43.6 Å². The second kappa shape index (κ2) is 10.7. The van der Waals surface area contributed by atoms with Crippen molar-refractivity contribution in [3.8, 4) is 22.5 Å². The van der Waals surface area contributed by atoms with Gasteiger partial charge in [0, 0.05) is 28.4 Å². The first kappa shape index (κ1) is 24.8. The molecule has 4 N–H and O–H groups in total. The van der Waals surface area contributed by atoms with E-state index in [4.69, 9.17) is 27.1 Å². The smallest absolute Gasteiger partial charge is 0.339 e. The molecule has 38 heavy (non-hydrogen) atoms. The molecule has 0 bridgehead atoms. The third kappa shape index (κ3) is 5.16. The lowest BCUT2D eigenvalue weighted by atomic mass is 10.0. The van der Waals surface area contributed by atoms with Crippen molar-refractivity contribution in [1.82, 2.24) is 25.1 Å². The molecule has 1 amide bonds. The van der Waals surface area contributed by atoms with Gasteiger partial charge in [0.2, 0.25) is 5.91 Å². The number of nitrogen functional groups attached to an aromatic ring is 1. The van der Waals surface area contributed by atoms with Crippen LogP contribution in [0.25, 0.3) is 33.4 Å². The molecule has 0 fully saturated rings. The van der Waals surface area contributed by atoms with Crippen molar-refractivity contribution in [3.05, 3.63) is 83.3 Å². The summed E-state index contributed by atoms with van der Waals surface area (Å²) in [5.41, 5.74) is 10.2. The Morgan fingerprint density at radius 3 is 2.55 bits per heavy atom. The van der Waals surface area contributed by atoms with Crippen LogP contribution in [0.5, 0.6) is 0 Å². The summed E-state index contributed by atoms with van der Waals surface area (Å²) in [6, 6.07) is 16.3. The average molecular weight is 528 g/mol. The van der Waals surface area contributed by atoms with Crippen molar-refractivity contribution >= 4 is 46.0 Å². The van der Waals surface area contributed by atoms with Crippen LogP contribution in [0.15, 0.2) is 67.0 Å². The first-order valence-electron chi connectivity index (χ1n) is 11.7. The highest BCUT2D eigenvalue weighted by Gasteiger charge is 2.19. The number of nitrogens with one attached hydrogen (secondary N) is 2. The number of H-pyrrole nitrogens is 1. The number of esters is 1. The molecule has 2 aromatic carbocycles. The highest BCUT2D eigenvalue weighted by atomic mass is 35.5. The quantitative estimate of drug-likeness (QED) is 0.258. The summed E-state index contributed by atoms with van der Waals surface area (Å²) in [5.74, 6) is -0.707. The molecular weight excluding hydrogens is 506 g/mol. The van der Waals surface area contributed by atoms with Crippen molar-refractivity contribution < 1.29 is 14.3 Å². The van der Waals surface area contributed by atoms with E-state index < -0.39 is 11.9 Å². The lowest BCUT2D eigenvalue weighted by Gasteiger charge is -2.14. The Morgan fingerprint density at radius 2 is 1.82 bits per heavy atom. The second-order valence-corrected chi connectivity index (χ2v) is 8.70. The third-order valence-electron chi connectivity index (χ3n) is 5.68. The SMILES string of the molecule is CCOC(=O)c1ccc(CC(=O)Nc2nc(-c3cc(Cl)c4[nH]ncc4c3)c(-c3ccccc3)nc2N)nc1. The summed E-state index contributed by atoms with van der Waals surface area (Å²) in [6.07, 6.45) is 2.98. The molecule has 10 nitrogen and oxygen atoms in total. The van der Waals surface area contributed by atoms with E-state index in [9.17, 15) is 9.59 Å². The standard InChI is InChI=1S/C27H22ClN7O3/c1-2-38-27(37)16-8-9-19(30-13-16)12-21(36)32-26-25(29)33-23(15-6-4-3-5-7-15)24(34-26)17-10-18-14-31-35-22(18)20(28)11-17/h3-11,13-14H,2,12H2,1H3,(H2,29,33)(H,31,35)(H,32,34,36). The summed E-state index contributed by atoms with van der Waals surface area (Å²) in [6.45, 7) is 1.99. The van der Waals surface area contributed by atoms with Gasteiger partial charge in [0.05, 0.1) is 46.7 Å². The number of nitrogens with two attached hydrogens (primary N) is 1. The maximum atomic E-state index is 12.9. The van der Waals surface area contributed by atoms with Crippen LogP contribution < -0.4 is 11.1 Å². The van der Waals surface area contributed by atoms with Crippen molar-refractivity contribution in [2.45, 2.75) is 13.3 Å². The molecule has 0 saturated carbocycles. The molecule has 190 valence electrons. The molecule has 0 unspecified atom stereocenters. The van der Waals surface area contributed by atoms with Crippen LogP contribution >= 0.6 is 11.6 Å². The fourth-order valence-electron chi connectivity index (χ4n) is 3.89. The van der Waals surface area contributed by atoms with Gasteiger partial charge in [-0.25, -0.2) is 14.8 Å². The summed E-state index contributed by atoms with van der Waals surface area (Å²) >= 11 is 6.50. The van der Waals surface area contributed by atoms with Gasteiger partial charge in [-0.15, -0.1) is 0 Å². The molecule has 0 aliphatic heterocycles. The van der Waals surface area contributed by atoms with E-state index in [2.05, 4.69) is 25.5 Å². The monoisotopic (exact) mass is 527 g/mol. The molecule has 0 aliphatic rings. The van der Waals surface area contributed by atoms with Gasteiger partial charge in [-0.3, -0.25) is 14.9 Å². The lowest BCUT2D eigenvalue weighted by molar-refractivity contribution is -0.115. The van der Waals surface area contributed by atoms with Crippen LogP contribution in [0.2, 0.25) is 5.02 Å². The second-order valence-electron chi connectivity index (χ2n) is 8.30. The maximum absolute atomic E-state index is 12.9. The zero-order valence-electron chi connectivity index (χ0n) is 20.2. The first-order valence-corrected chi connectivity index (χ1v) is 12.1. The van der Waals surface area contributed by atoms with Gasteiger partial charge in [-0.1, -0.05) is 41.9 Å². The molecule has 0 spiro atoms. The highest BCUT2D eigenvalue weighted by molar-refractivity contribution is 6.35. The number of benzene rings is 2. The number of nitrogens with zero attached hydrogens (tertiary/aromatic N) is 4. The molecule has 3 heterocycles. The number of aromatic amines is 1. The van der Waals surface area contributed by atoms with Crippen LogP contribution in [0.3, 0.4) is 0 Å². The summed E-state index contributed by atoms with van der Waals surface area (Å²) in [4.78, 5) is 38.2. The van der Waals surface area contributed by atoms with Crippen molar-refractivity contribution in [1.29, 1.82) is 0 Å². The molecule has 3 aromatic heterocycles. The first-order chi connectivity index (χ1) is 18.4. The Balaban J connectivity index is 1.47. The van der Waals surface area contributed by atoms with Crippen LogP contribution in [-0.2, 0) is 16.0 Å². The Bertz CT molecular complexity index is 1640. The Kier molecular flexibility index (Phi) is 6.96. The molecule has 11 heteroatoms. The van der Waals surface area contributed by atoms with Gasteiger partial charge >= 0.3 is 5.97 Å². The van der Waals surface area contributed by atoms with E-state index in [1.165, 1.54) is 6.20 Å². The molecule has 0 atom stereocenters. The summed E-state index contributed by atoms with van der Waals surface area (Å²) in [5, 5.41) is 10.9. The van der Waals surface area contributed by atoms with E-state index >= 15 is 0 Å². The molecule has 0 aliphatic carbocycles. The fraction of sp³-hybridized carbons (Fsp3) is 0.111. The van der Waals surface area contributed by atoms with Crippen molar-refractivity contribution in [2.24, 2.45) is 0 Å². The number of anilines is 2. The number of ether oxygens (including phenoxy) is 1. The minimum absolute atomic E-state index is 0.0575. The van der Waals surface area contributed by atoms with E-state index in [-0.39, 0.29) is 24.7 Å². The number of fused-ring (bicyclic) bond motifs is 1. The number of aromatic nitrogens is 5. The third-order valence-corrected chi connectivity index (χ3v) is 5.98. The zero-order chi connectivity index (χ0) is 26.6. The number of halogens is 1. The lowest BCUT2D eigenvalue weighted by Crippen LogP contribution is -2.18. The van der Waals surface area contributed by atoms with Crippen LogP contribution in [0.4, 0.5) is 11.6 Å². The molecule has 0 radical (unpaired) electrons. The van der Waals surface area contributed by atoms with E-state index in [0.717, 1.165) is 10.9 Å². The van der Waals surface area contributed by atoms with Crippen molar-refractivity contribution in [2.75, 3.05) is 17.7 Å². The predicted octanol–water partition coefficient (Wildman–Crippen LogP) is 4.68. The highest BCUT2D eigenvalue weighted by Crippen LogP contribution is 2.35. The topological polar surface area (TPSA) is 149 Å². The van der Waals surface area contributed by atoms with E-state index in [1.54, 1.807) is 31.3 Å². The molecule has 0 saturated heterocycles. The maximum Gasteiger partial charge on any atom is 0.339 e. The predicted molar refractivity (Wildman–Crippen MR) is 145 cm³/mol. The zero-order valence-corrected chi connectivity index (χ0v) is 21.0. The minimum Gasteiger partial charge on any atom is -0.462 e. The number of pyridine rings is 1.